The van der Waals surface area contributed by atoms with Crippen LogP contribution in [0.5, 0.6) is 0 Å². The SMILES string of the molecule is CNC(=O)Nc1ccc(NC(=O)[C@@H](N)CCSC)cc1. The van der Waals surface area contributed by atoms with Crippen molar-refractivity contribution in [1.29, 1.82) is 0 Å². The first kappa shape index (κ1) is 16.3. The van der Waals surface area contributed by atoms with E-state index in [-0.39, 0.29) is 11.9 Å². The summed E-state index contributed by atoms with van der Waals surface area (Å²) >= 11 is 1.66. The number of hydrogen-bond acceptors (Lipinski definition) is 4. The van der Waals surface area contributed by atoms with Crippen molar-refractivity contribution in [2.24, 2.45) is 5.73 Å². The van der Waals surface area contributed by atoms with Crippen LogP contribution in [0.1, 0.15) is 6.42 Å². The fraction of sp³-hybridized carbons (Fsp3) is 0.385. The van der Waals surface area contributed by atoms with Crippen LogP contribution in [0.25, 0.3) is 0 Å². The van der Waals surface area contributed by atoms with Gasteiger partial charge in [0.1, 0.15) is 0 Å². The van der Waals surface area contributed by atoms with Gasteiger partial charge in [-0.1, -0.05) is 0 Å². The van der Waals surface area contributed by atoms with Gasteiger partial charge in [0.25, 0.3) is 0 Å². The molecule has 0 saturated carbocycles. The molecule has 1 atom stereocenters. The first-order valence-electron chi connectivity index (χ1n) is 6.21. The Bertz CT molecular complexity index is 450. The summed E-state index contributed by atoms with van der Waals surface area (Å²) < 4.78 is 0. The summed E-state index contributed by atoms with van der Waals surface area (Å²) in [6.45, 7) is 0. The van der Waals surface area contributed by atoms with Crippen LogP contribution in [0.2, 0.25) is 0 Å². The van der Waals surface area contributed by atoms with Crippen LogP contribution in [-0.4, -0.2) is 37.0 Å². The first-order chi connectivity index (χ1) is 9.56. The summed E-state index contributed by atoms with van der Waals surface area (Å²) in [5.74, 6) is 0.648. The van der Waals surface area contributed by atoms with Crippen molar-refractivity contribution in [2.45, 2.75) is 12.5 Å². The van der Waals surface area contributed by atoms with Gasteiger partial charge in [0, 0.05) is 18.4 Å². The minimum Gasteiger partial charge on any atom is -0.341 e. The van der Waals surface area contributed by atoms with Crippen LogP contribution in [-0.2, 0) is 4.79 Å². The number of rotatable bonds is 6. The van der Waals surface area contributed by atoms with Gasteiger partial charge in [-0.2, -0.15) is 11.8 Å². The molecule has 1 aromatic carbocycles. The lowest BCUT2D eigenvalue weighted by molar-refractivity contribution is -0.117. The topological polar surface area (TPSA) is 96.2 Å². The molecular weight excluding hydrogens is 276 g/mol. The van der Waals surface area contributed by atoms with Gasteiger partial charge in [-0.25, -0.2) is 4.79 Å². The van der Waals surface area contributed by atoms with Crippen molar-refractivity contribution >= 4 is 35.1 Å². The van der Waals surface area contributed by atoms with Crippen LogP contribution in [0.3, 0.4) is 0 Å². The highest BCUT2D eigenvalue weighted by Crippen LogP contribution is 2.14. The Morgan fingerprint density at radius 2 is 1.75 bits per heavy atom. The van der Waals surface area contributed by atoms with E-state index >= 15 is 0 Å². The lowest BCUT2D eigenvalue weighted by Gasteiger charge is -2.12. The van der Waals surface area contributed by atoms with Gasteiger partial charge in [0.2, 0.25) is 5.91 Å². The van der Waals surface area contributed by atoms with Crippen molar-refractivity contribution in [3.63, 3.8) is 0 Å². The molecule has 0 bridgehead atoms. The molecule has 0 aromatic heterocycles. The van der Waals surface area contributed by atoms with Crippen molar-refractivity contribution in [2.75, 3.05) is 29.7 Å². The lowest BCUT2D eigenvalue weighted by Crippen LogP contribution is -2.36. The largest absolute Gasteiger partial charge is 0.341 e. The van der Waals surface area contributed by atoms with Crippen molar-refractivity contribution in [3.8, 4) is 0 Å². The van der Waals surface area contributed by atoms with Gasteiger partial charge in [-0.3, -0.25) is 4.79 Å². The Labute approximate surface area is 122 Å². The molecule has 6 nitrogen and oxygen atoms in total. The molecule has 0 saturated heterocycles. The normalized spacial score (nSPS) is 11.6. The third-order valence-electron chi connectivity index (χ3n) is 2.61. The average Bonchev–Trinajstić information content (AvgIpc) is 2.46. The van der Waals surface area contributed by atoms with Crippen molar-refractivity contribution in [3.05, 3.63) is 24.3 Å². The summed E-state index contributed by atoms with van der Waals surface area (Å²) in [4.78, 5) is 22.9. The number of urea groups is 1. The molecule has 1 aromatic rings. The Balaban J connectivity index is 2.52. The van der Waals surface area contributed by atoms with E-state index < -0.39 is 6.04 Å². The number of benzene rings is 1. The molecule has 0 aliphatic carbocycles. The van der Waals surface area contributed by atoms with Gasteiger partial charge in [-0.15, -0.1) is 0 Å². The quantitative estimate of drug-likeness (QED) is 0.639. The minimum absolute atomic E-state index is 0.203. The zero-order valence-corrected chi connectivity index (χ0v) is 12.4. The van der Waals surface area contributed by atoms with Crippen LogP contribution >= 0.6 is 11.8 Å². The van der Waals surface area contributed by atoms with E-state index in [0.717, 1.165) is 5.75 Å². The highest BCUT2D eigenvalue weighted by atomic mass is 32.2. The second-order valence-electron chi connectivity index (χ2n) is 4.16. The highest BCUT2D eigenvalue weighted by Gasteiger charge is 2.12. The monoisotopic (exact) mass is 296 g/mol. The van der Waals surface area contributed by atoms with E-state index in [1.165, 1.54) is 0 Å². The number of thioether (sulfide) groups is 1. The Kier molecular flexibility index (Phi) is 6.89. The number of carbonyl (C=O) groups excluding carboxylic acids is 2. The average molecular weight is 296 g/mol. The molecule has 0 radical (unpaired) electrons. The molecule has 3 amide bonds. The lowest BCUT2D eigenvalue weighted by atomic mass is 10.2. The van der Waals surface area contributed by atoms with E-state index in [0.29, 0.717) is 17.8 Å². The fourth-order valence-corrected chi connectivity index (χ4v) is 1.93. The molecule has 1 rings (SSSR count). The molecule has 5 N–H and O–H groups in total. The van der Waals surface area contributed by atoms with E-state index in [1.807, 2.05) is 6.26 Å². The first-order valence-corrected chi connectivity index (χ1v) is 7.60. The fourth-order valence-electron chi connectivity index (χ4n) is 1.44. The van der Waals surface area contributed by atoms with E-state index in [4.69, 9.17) is 5.73 Å². The van der Waals surface area contributed by atoms with Gasteiger partial charge < -0.3 is 21.7 Å². The summed E-state index contributed by atoms with van der Waals surface area (Å²) in [6.07, 6.45) is 2.62. The van der Waals surface area contributed by atoms with Crippen molar-refractivity contribution < 1.29 is 9.59 Å². The van der Waals surface area contributed by atoms with Gasteiger partial charge in [-0.05, 0) is 42.7 Å². The van der Waals surface area contributed by atoms with Crippen LogP contribution in [0.15, 0.2) is 24.3 Å². The van der Waals surface area contributed by atoms with Crippen LogP contribution < -0.4 is 21.7 Å². The van der Waals surface area contributed by atoms with Crippen LogP contribution in [0.4, 0.5) is 16.2 Å². The van der Waals surface area contributed by atoms with E-state index in [2.05, 4.69) is 16.0 Å². The summed E-state index contributed by atoms with van der Waals surface area (Å²) in [5, 5.41) is 7.83. The molecule has 0 heterocycles. The predicted molar refractivity (Wildman–Crippen MR) is 84.1 cm³/mol. The smallest absolute Gasteiger partial charge is 0.318 e. The maximum Gasteiger partial charge on any atom is 0.318 e. The number of amides is 3. The summed E-state index contributed by atoms with van der Waals surface area (Å²) in [7, 11) is 1.54. The molecular formula is C13H20N4O2S. The molecule has 0 aliphatic heterocycles. The van der Waals surface area contributed by atoms with E-state index in [1.54, 1.807) is 43.1 Å². The van der Waals surface area contributed by atoms with Gasteiger partial charge >= 0.3 is 6.03 Å². The zero-order valence-electron chi connectivity index (χ0n) is 11.6. The summed E-state index contributed by atoms with van der Waals surface area (Å²) in [6, 6.07) is 6.04. The Hall–Kier alpha value is -1.73. The molecule has 0 aliphatic rings. The zero-order chi connectivity index (χ0) is 15.0. The number of nitrogens with one attached hydrogen (secondary N) is 3. The third kappa shape index (κ3) is 5.50. The number of carbonyl (C=O) groups is 2. The van der Waals surface area contributed by atoms with Gasteiger partial charge in [0.05, 0.1) is 6.04 Å². The molecule has 0 fully saturated rings. The minimum atomic E-state index is -0.508. The van der Waals surface area contributed by atoms with E-state index in [9.17, 15) is 9.59 Å². The maximum atomic E-state index is 11.8. The van der Waals surface area contributed by atoms with Crippen molar-refractivity contribution in [1.82, 2.24) is 5.32 Å². The second-order valence-corrected chi connectivity index (χ2v) is 5.14. The third-order valence-corrected chi connectivity index (χ3v) is 3.25. The molecule has 110 valence electrons. The predicted octanol–water partition coefficient (Wildman–Crippen LogP) is 1.46. The number of nitrogens with two attached hydrogens (primary N) is 1. The highest BCUT2D eigenvalue weighted by molar-refractivity contribution is 7.98. The molecule has 7 heteroatoms. The Morgan fingerprint density at radius 1 is 1.20 bits per heavy atom. The standard InChI is InChI=1S/C13H20N4O2S/c1-15-13(19)17-10-5-3-9(4-6-10)16-12(18)11(14)7-8-20-2/h3-6,11H,7-8,14H2,1-2H3,(H,16,18)(H2,15,17,19)/t11-/m0/s1. The second kappa shape index (κ2) is 8.44. The van der Waals surface area contributed by atoms with Crippen LogP contribution in [0, 0.1) is 0 Å². The molecule has 20 heavy (non-hydrogen) atoms. The molecule has 0 spiro atoms. The molecule has 0 unspecified atom stereocenters. The van der Waals surface area contributed by atoms with Gasteiger partial charge in [0.15, 0.2) is 0 Å². The Morgan fingerprint density at radius 3 is 2.25 bits per heavy atom. The summed E-state index contributed by atoms with van der Waals surface area (Å²) in [5.41, 5.74) is 7.07. The maximum absolute atomic E-state index is 11.8. The number of hydrogen-bond donors (Lipinski definition) is 4. The number of anilines is 2.